The van der Waals surface area contributed by atoms with Crippen molar-refractivity contribution in [1.29, 1.82) is 0 Å². The summed E-state index contributed by atoms with van der Waals surface area (Å²) >= 11 is 0. The zero-order chi connectivity index (χ0) is 19.0. The van der Waals surface area contributed by atoms with Gasteiger partial charge >= 0.3 is 12.2 Å². The molecular formula is C15H20F3N3O4. The average molecular weight is 363 g/mol. The van der Waals surface area contributed by atoms with E-state index in [0.29, 0.717) is 18.0 Å². The smallest absolute Gasteiger partial charge is 0.405 e. The maximum Gasteiger partial charge on any atom is 0.405 e. The molecule has 1 aromatic rings. The van der Waals surface area contributed by atoms with E-state index in [1.54, 1.807) is 35.5 Å². The van der Waals surface area contributed by atoms with E-state index >= 15 is 0 Å². The van der Waals surface area contributed by atoms with Gasteiger partial charge in [-0.25, -0.2) is 4.79 Å². The fourth-order valence-electron chi connectivity index (χ4n) is 1.97. The molecule has 0 radical (unpaired) electrons. The Hall–Kier alpha value is -2.49. The van der Waals surface area contributed by atoms with Gasteiger partial charge in [-0.15, -0.1) is 0 Å². The molecule has 0 heterocycles. The van der Waals surface area contributed by atoms with Gasteiger partial charge in [-0.1, -0.05) is 6.07 Å². The number of methoxy groups -OCH3 is 2. The molecule has 2 N–H and O–H groups in total. The van der Waals surface area contributed by atoms with Gasteiger partial charge in [-0.2, -0.15) is 13.2 Å². The first-order valence-corrected chi connectivity index (χ1v) is 7.18. The Morgan fingerprint density at radius 3 is 2.44 bits per heavy atom. The Bertz CT molecular complexity index is 608. The van der Waals surface area contributed by atoms with Crippen LogP contribution in [0.3, 0.4) is 0 Å². The van der Waals surface area contributed by atoms with Crippen molar-refractivity contribution in [1.82, 2.24) is 15.5 Å². The number of hydrogen-bond donors (Lipinski definition) is 2. The van der Waals surface area contributed by atoms with Crippen LogP contribution < -0.4 is 20.1 Å². The molecule has 140 valence electrons. The van der Waals surface area contributed by atoms with Crippen LogP contribution in [0.2, 0.25) is 0 Å². The van der Waals surface area contributed by atoms with E-state index in [-0.39, 0.29) is 6.54 Å². The molecule has 10 heteroatoms. The van der Waals surface area contributed by atoms with Gasteiger partial charge < -0.3 is 14.8 Å². The van der Waals surface area contributed by atoms with Crippen molar-refractivity contribution in [3.05, 3.63) is 23.8 Å². The fourth-order valence-corrected chi connectivity index (χ4v) is 1.97. The van der Waals surface area contributed by atoms with Gasteiger partial charge in [0.05, 0.1) is 20.8 Å². The van der Waals surface area contributed by atoms with Crippen molar-refractivity contribution >= 4 is 11.9 Å². The maximum atomic E-state index is 12.0. The number of imide groups is 1. The summed E-state index contributed by atoms with van der Waals surface area (Å²) < 4.78 is 46.3. The lowest BCUT2D eigenvalue weighted by Crippen LogP contribution is -2.46. The minimum Gasteiger partial charge on any atom is -0.497 e. The Morgan fingerprint density at radius 1 is 1.20 bits per heavy atom. The molecule has 25 heavy (non-hydrogen) atoms. The van der Waals surface area contributed by atoms with Crippen molar-refractivity contribution in [3.63, 3.8) is 0 Å². The maximum absolute atomic E-state index is 12.0. The molecule has 0 aliphatic carbocycles. The normalized spacial score (nSPS) is 11.2. The first kappa shape index (κ1) is 20.6. The largest absolute Gasteiger partial charge is 0.497 e. The van der Waals surface area contributed by atoms with Gasteiger partial charge in [0, 0.05) is 18.2 Å². The number of carbonyl (C=O) groups excluding carboxylic acids is 2. The molecule has 0 saturated heterocycles. The van der Waals surface area contributed by atoms with E-state index < -0.39 is 24.7 Å². The third-order valence-corrected chi connectivity index (χ3v) is 3.05. The second kappa shape index (κ2) is 9.11. The number of nitrogens with zero attached hydrogens (tertiary/aromatic N) is 1. The number of hydrogen-bond acceptors (Lipinski definition) is 5. The first-order chi connectivity index (χ1) is 11.6. The molecule has 0 unspecified atom stereocenters. The molecular weight excluding hydrogens is 343 g/mol. The van der Waals surface area contributed by atoms with Crippen LogP contribution in [0, 0.1) is 0 Å². The molecule has 0 spiro atoms. The van der Waals surface area contributed by atoms with Gasteiger partial charge in [0.2, 0.25) is 5.91 Å². The van der Waals surface area contributed by atoms with Crippen molar-refractivity contribution in [3.8, 4) is 11.5 Å². The number of benzene rings is 1. The molecule has 0 atom stereocenters. The Labute approximate surface area is 143 Å². The minimum absolute atomic E-state index is 0.186. The van der Waals surface area contributed by atoms with Crippen LogP contribution in [0.15, 0.2) is 18.2 Å². The highest BCUT2D eigenvalue weighted by Crippen LogP contribution is 2.25. The van der Waals surface area contributed by atoms with Crippen LogP contribution in [0.4, 0.5) is 18.0 Å². The third-order valence-electron chi connectivity index (χ3n) is 3.05. The topological polar surface area (TPSA) is 79.9 Å². The van der Waals surface area contributed by atoms with Crippen LogP contribution in [0.25, 0.3) is 0 Å². The molecule has 0 saturated carbocycles. The quantitative estimate of drug-likeness (QED) is 0.768. The SMILES string of the molecule is COc1ccc(CN(C)CC(=O)NC(=O)NCC(F)(F)F)c(OC)c1. The first-order valence-electron chi connectivity index (χ1n) is 7.18. The zero-order valence-electron chi connectivity index (χ0n) is 14.1. The number of nitrogens with one attached hydrogen (secondary N) is 2. The van der Waals surface area contributed by atoms with Crippen molar-refractivity contribution in [2.24, 2.45) is 0 Å². The molecule has 0 aromatic heterocycles. The van der Waals surface area contributed by atoms with Gasteiger partial charge in [-0.05, 0) is 13.1 Å². The second-order valence-electron chi connectivity index (χ2n) is 5.20. The summed E-state index contributed by atoms with van der Waals surface area (Å²) in [5.41, 5.74) is 0.778. The predicted octanol–water partition coefficient (Wildman–Crippen LogP) is 1.52. The number of urea groups is 1. The number of alkyl halides is 3. The number of likely N-dealkylation sites (N-methyl/N-ethyl adjacent to an activating group) is 1. The van der Waals surface area contributed by atoms with Crippen LogP contribution in [-0.4, -0.2) is 57.4 Å². The molecule has 0 aliphatic rings. The number of amides is 3. The van der Waals surface area contributed by atoms with Crippen molar-refractivity contribution in [2.75, 3.05) is 34.4 Å². The highest BCUT2D eigenvalue weighted by Gasteiger charge is 2.28. The predicted molar refractivity (Wildman–Crippen MR) is 83.5 cm³/mol. The molecule has 0 fully saturated rings. The Balaban J connectivity index is 2.52. The van der Waals surface area contributed by atoms with E-state index in [1.807, 2.05) is 5.32 Å². The van der Waals surface area contributed by atoms with Crippen LogP contribution in [-0.2, 0) is 11.3 Å². The third kappa shape index (κ3) is 7.75. The molecule has 0 aliphatic heterocycles. The Morgan fingerprint density at radius 2 is 1.88 bits per heavy atom. The average Bonchev–Trinajstić information content (AvgIpc) is 2.52. The number of carbonyl (C=O) groups is 2. The summed E-state index contributed by atoms with van der Waals surface area (Å²) in [6.07, 6.45) is -4.54. The lowest BCUT2D eigenvalue weighted by Gasteiger charge is -2.18. The second-order valence-corrected chi connectivity index (χ2v) is 5.20. The number of rotatable bonds is 7. The summed E-state index contributed by atoms with van der Waals surface area (Å²) in [6, 6.07) is 3.99. The summed E-state index contributed by atoms with van der Waals surface area (Å²) in [5.74, 6) is 0.450. The van der Waals surface area contributed by atoms with E-state index in [1.165, 1.54) is 14.2 Å². The number of ether oxygens (including phenoxy) is 2. The zero-order valence-corrected chi connectivity index (χ0v) is 14.1. The van der Waals surface area contributed by atoms with E-state index in [0.717, 1.165) is 5.56 Å². The highest BCUT2D eigenvalue weighted by atomic mass is 19.4. The van der Waals surface area contributed by atoms with Gasteiger partial charge in [0.25, 0.3) is 0 Å². The number of halogens is 3. The van der Waals surface area contributed by atoms with E-state index in [4.69, 9.17) is 9.47 Å². The molecule has 0 bridgehead atoms. The van der Waals surface area contributed by atoms with E-state index in [2.05, 4.69) is 0 Å². The summed E-state index contributed by atoms with van der Waals surface area (Å²) in [5, 5.41) is 3.39. The Kier molecular flexibility index (Phi) is 7.49. The lowest BCUT2D eigenvalue weighted by atomic mass is 10.2. The molecule has 1 rings (SSSR count). The van der Waals surface area contributed by atoms with Gasteiger partial charge in [0.15, 0.2) is 0 Å². The molecule has 1 aromatic carbocycles. The standard InChI is InChI=1S/C15H20F3N3O4/c1-21(7-10-4-5-11(24-2)6-12(10)25-3)8-13(22)20-14(23)19-9-15(16,17)18/h4-6H,7-9H2,1-3H3,(H2,19,20,22,23). The van der Waals surface area contributed by atoms with E-state index in [9.17, 15) is 22.8 Å². The molecule has 3 amide bonds. The van der Waals surface area contributed by atoms with Gasteiger partial charge in [-0.3, -0.25) is 15.0 Å². The summed E-state index contributed by atoms with van der Waals surface area (Å²) in [7, 11) is 4.64. The monoisotopic (exact) mass is 363 g/mol. The highest BCUT2D eigenvalue weighted by molar-refractivity contribution is 5.95. The van der Waals surface area contributed by atoms with Crippen LogP contribution >= 0.6 is 0 Å². The van der Waals surface area contributed by atoms with Crippen molar-refractivity contribution < 1.29 is 32.2 Å². The van der Waals surface area contributed by atoms with Crippen LogP contribution in [0.1, 0.15) is 5.56 Å². The summed E-state index contributed by atoms with van der Waals surface area (Å²) in [6.45, 7) is -1.37. The van der Waals surface area contributed by atoms with Gasteiger partial charge in [0.1, 0.15) is 18.0 Å². The minimum atomic E-state index is -4.54. The lowest BCUT2D eigenvalue weighted by molar-refractivity contribution is -0.125. The van der Waals surface area contributed by atoms with Crippen molar-refractivity contribution in [2.45, 2.75) is 12.7 Å². The summed E-state index contributed by atoms with van der Waals surface area (Å²) in [4.78, 5) is 24.5. The molecule has 7 nitrogen and oxygen atoms in total. The fraction of sp³-hybridized carbons (Fsp3) is 0.467. The van der Waals surface area contributed by atoms with Crippen LogP contribution in [0.5, 0.6) is 11.5 Å².